The van der Waals surface area contributed by atoms with Gasteiger partial charge in [0.2, 0.25) is 0 Å². The SMILES string of the molecule is Cn1cccc1[C@@H](CC(F)(F)F)N1CCNCC1. The summed E-state index contributed by atoms with van der Waals surface area (Å²) in [6.45, 7) is 2.81. The minimum Gasteiger partial charge on any atom is -0.353 e. The summed E-state index contributed by atoms with van der Waals surface area (Å²) in [7, 11) is 1.79. The van der Waals surface area contributed by atoms with Gasteiger partial charge < -0.3 is 9.88 Å². The molecule has 1 fully saturated rings. The number of piperazine rings is 1. The smallest absolute Gasteiger partial charge is 0.353 e. The van der Waals surface area contributed by atoms with E-state index in [1.165, 1.54) is 0 Å². The normalized spacial score (nSPS) is 20.0. The molecule has 3 nitrogen and oxygen atoms in total. The molecule has 0 radical (unpaired) electrons. The number of aryl methyl sites for hydroxylation is 1. The summed E-state index contributed by atoms with van der Waals surface area (Å²) in [6.07, 6.45) is -3.13. The van der Waals surface area contributed by atoms with Crippen LogP contribution < -0.4 is 5.32 Å². The van der Waals surface area contributed by atoms with Crippen LogP contribution in [0.3, 0.4) is 0 Å². The first-order valence-corrected chi connectivity index (χ1v) is 6.10. The molecule has 0 saturated carbocycles. The lowest BCUT2D eigenvalue weighted by molar-refractivity contribution is -0.149. The minimum atomic E-state index is -4.14. The van der Waals surface area contributed by atoms with E-state index in [1.54, 1.807) is 29.9 Å². The van der Waals surface area contributed by atoms with Gasteiger partial charge in [-0.25, -0.2) is 0 Å². The van der Waals surface area contributed by atoms with Gasteiger partial charge in [0.15, 0.2) is 0 Å². The first-order valence-electron chi connectivity index (χ1n) is 6.10. The van der Waals surface area contributed by atoms with Crippen molar-refractivity contribution in [3.8, 4) is 0 Å². The van der Waals surface area contributed by atoms with Crippen molar-refractivity contribution in [1.29, 1.82) is 0 Å². The Labute approximate surface area is 105 Å². The molecule has 1 aliphatic heterocycles. The predicted molar refractivity (Wildman–Crippen MR) is 63.3 cm³/mol. The van der Waals surface area contributed by atoms with E-state index in [-0.39, 0.29) is 0 Å². The van der Waals surface area contributed by atoms with Gasteiger partial charge in [-0.2, -0.15) is 13.2 Å². The lowest BCUT2D eigenvalue weighted by Gasteiger charge is -2.35. The van der Waals surface area contributed by atoms with Crippen molar-refractivity contribution in [2.75, 3.05) is 26.2 Å². The standard InChI is InChI=1S/C12H18F3N3/c1-17-6-2-3-10(17)11(9-12(13,14)15)18-7-4-16-5-8-18/h2-3,6,11,16H,4-5,7-9H2,1H3/t11-/m1/s1. The Balaban J connectivity index is 2.19. The van der Waals surface area contributed by atoms with Crippen LogP contribution in [0, 0.1) is 0 Å². The van der Waals surface area contributed by atoms with Crippen LogP contribution in [0.1, 0.15) is 18.2 Å². The summed E-state index contributed by atoms with van der Waals surface area (Å²) in [6, 6.07) is 2.99. The van der Waals surface area contributed by atoms with Crippen molar-refractivity contribution in [3.63, 3.8) is 0 Å². The molecule has 1 N–H and O–H groups in total. The third-order valence-corrected chi connectivity index (χ3v) is 3.34. The molecule has 2 heterocycles. The van der Waals surface area contributed by atoms with Crippen molar-refractivity contribution in [2.24, 2.45) is 7.05 Å². The van der Waals surface area contributed by atoms with Crippen molar-refractivity contribution in [3.05, 3.63) is 24.0 Å². The van der Waals surface area contributed by atoms with E-state index in [4.69, 9.17) is 0 Å². The highest BCUT2D eigenvalue weighted by atomic mass is 19.4. The average Bonchev–Trinajstić information content (AvgIpc) is 2.72. The summed E-state index contributed by atoms with van der Waals surface area (Å²) in [4.78, 5) is 1.92. The Morgan fingerprint density at radius 3 is 2.50 bits per heavy atom. The highest BCUT2D eigenvalue weighted by molar-refractivity contribution is 5.12. The number of rotatable bonds is 3. The molecule has 1 aromatic heterocycles. The second-order valence-corrected chi connectivity index (χ2v) is 4.67. The van der Waals surface area contributed by atoms with E-state index in [1.807, 2.05) is 4.90 Å². The third kappa shape index (κ3) is 3.26. The minimum absolute atomic E-state index is 0.577. The summed E-state index contributed by atoms with van der Waals surface area (Å²) >= 11 is 0. The Hall–Kier alpha value is -1.01. The lowest BCUT2D eigenvalue weighted by atomic mass is 10.1. The maximum atomic E-state index is 12.7. The second kappa shape index (κ2) is 5.32. The van der Waals surface area contributed by atoms with Gasteiger partial charge in [0.25, 0.3) is 0 Å². The summed E-state index contributed by atoms with van der Waals surface area (Å²) in [5.41, 5.74) is 0.731. The van der Waals surface area contributed by atoms with E-state index in [0.717, 1.165) is 18.8 Å². The third-order valence-electron chi connectivity index (χ3n) is 3.34. The van der Waals surface area contributed by atoms with Crippen LogP contribution >= 0.6 is 0 Å². The quantitative estimate of drug-likeness (QED) is 0.897. The van der Waals surface area contributed by atoms with Gasteiger partial charge in [0.05, 0.1) is 12.5 Å². The van der Waals surface area contributed by atoms with Crippen LogP contribution in [0.2, 0.25) is 0 Å². The van der Waals surface area contributed by atoms with E-state index < -0.39 is 18.6 Å². The molecule has 1 aliphatic rings. The zero-order valence-electron chi connectivity index (χ0n) is 10.4. The molecule has 1 atom stereocenters. The monoisotopic (exact) mass is 261 g/mol. The van der Waals surface area contributed by atoms with E-state index in [0.29, 0.717) is 13.1 Å². The first kappa shape index (κ1) is 13.4. The fourth-order valence-corrected chi connectivity index (χ4v) is 2.45. The van der Waals surface area contributed by atoms with Gasteiger partial charge in [0, 0.05) is 45.1 Å². The van der Waals surface area contributed by atoms with Gasteiger partial charge in [-0.15, -0.1) is 0 Å². The molecule has 0 unspecified atom stereocenters. The molecule has 102 valence electrons. The summed E-state index contributed by atoms with van der Waals surface area (Å²) in [5.74, 6) is 0. The van der Waals surface area contributed by atoms with Gasteiger partial charge in [-0.3, -0.25) is 4.90 Å². The number of hydrogen-bond acceptors (Lipinski definition) is 2. The Morgan fingerprint density at radius 2 is 2.00 bits per heavy atom. The van der Waals surface area contributed by atoms with Crippen LogP contribution in [0.25, 0.3) is 0 Å². The Morgan fingerprint density at radius 1 is 1.33 bits per heavy atom. The molecule has 0 aliphatic carbocycles. The highest BCUT2D eigenvalue weighted by Gasteiger charge is 2.36. The van der Waals surface area contributed by atoms with Crippen molar-refractivity contribution >= 4 is 0 Å². The van der Waals surface area contributed by atoms with Crippen molar-refractivity contribution < 1.29 is 13.2 Å². The topological polar surface area (TPSA) is 20.2 Å². The molecule has 0 amide bonds. The fraction of sp³-hybridized carbons (Fsp3) is 0.667. The molecule has 0 spiro atoms. The van der Waals surface area contributed by atoms with Gasteiger partial charge in [-0.1, -0.05) is 0 Å². The summed E-state index contributed by atoms with van der Waals surface area (Å²) in [5, 5.41) is 3.16. The Kier molecular flexibility index (Phi) is 3.97. The largest absolute Gasteiger partial charge is 0.391 e. The predicted octanol–water partition coefficient (Wildman–Crippen LogP) is 1.92. The molecule has 6 heteroatoms. The zero-order chi connectivity index (χ0) is 13.2. The maximum absolute atomic E-state index is 12.7. The summed E-state index contributed by atoms with van der Waals surface area (Å²) < 4.78 is 40.0. The van der Waals surface area contributed by atoms with Crippen molar-refractivity contribution in [1.82, 2.24) is 14.8 Å². The number of halogens is 3. The highest BCUT2D eigenvalue weighted by Crippen LogP contribution is 2.33. The van der Waals surface area contributed by atoms with Gasteiger partial charge >= 0.3 is 6.18 Å². The molecular formula is C12H18F3N3. The molecule has 0 bridgehead atoms. The molecule has 2 rings (SSSR count). The van der Waals surface area contributed by atoms with Crippen LogP contribution in [-0.2, 0) is 7.05 Å². The van der Waals surface area contributed by atoms with Crippen molar-refractivity contribution in [2.45, 2.75) is 18.6 Å². The van der Waals surface area contributed by atoms with E-state index >= 15 is 0 Å². The first-order chi connectivity index (χ1) is 8.47. The molecule has 1 saturated heterocycles. The van der Waals surface area contributed by atoms with Crippen LogP contribution in [-0.4, -0.2) is 41.8 Å². The maximum Gasteiger partial charge on any atom is 0.391 e. The van der Waals surface area contributed by atoms with Crippen LogP contribution in [0.15, 0.2) is 18.3 Å². The molecule has 1 aromatic rings. The lowest BCUT2D eigenvalue weighted by Crippen LogP contribution is -2.46. The molecular weight excluding hydrogens is 243 g/mol. The number of nitrogens with one attached hydrogen (secondary N) is 1. The van der Waals surface area contributed by atoms with Gasteiger partial charge in [0.1, 0.15) is 0 Å². The van der Waals surface area contributed by atoms with Crippen LogP contribution in [0.5, 0.6) is 0 Å². The molecule has 0 aromatic carbocycles. The van der Waals surface area contributed by atoms with E-state index in [2.05, 4.69) is 5.32 Å². The number of nitrogens with zero attached hydrogens (tertiary/aromatic N) is 2. The number of hydrogen-bond donors (Lipinski definition) is 1. The van der Waals surface area contributed by atoms with E-state index in [9.17, 15) is 13.2 Å². The average molecular weight is 261 g/mol. The number of alkyl halides is 3. The number of aromatic nitrogens is 1. The Bertz CT molecular complexity index is 380. The second-order valence-electron chi connectivity index (χ2n) is 4.67. The fourth-order valence-electron chi connectivity index (χ4n) is 2.45. The van der Waals surface area contributed by atoms with Crippen LogP contribution in [0.4, 0.5) is 13.2 Å². The zero-order valence-corrected chi connectivity index (χ0v) is 10.4. The van der Waals surface area contributed by atoms with Gasteiger partial charge in [-0.05, 0) is 12.1 Å². The molecule has 18 heavy (non-hydrogen) atoms.